The lowest BCUT2D eigenvalue weighted by Crippen LogP contribution is -2.24. The molecular weight excluding hydrogens is 416 g/mol. The van der Waals surface area contributed by atoms with Crippen LogP contribution >= 0.6 is 11.8 Å². The molecule has 10 heteroatoms. The summed E-state index contributed by atoms with van der Waals surface area (Å²) in [4.78, 5) is 17.7. The highest BCUT2D eigenvalue weighted by molar-refractivity contribution is 7.99. The lowest BCUT2D eigenvalue weighted by atomic mass is 10.2. The number of thioether (sulfide) groups is 1. The Balaban J connectivity index is 1.52. The first-order valence-electron chi connectivity index (χ1n) is 10.6. The lowest BCUT2D eigenvalue weighted by molar-refractivity contribution is 0.141. The van der Waals surface area contributed by atoms with Crippen LogP contribution in [-0.2, 0) is 11.3 Å². The van der Waals surface area contributed by atoms with E-state index in [1.54, 1.807) is 4.57 Å². The lowest BCUT2D eigenvalue weighted by Gasteiger charge is -2.12. The van der Waals surface area contributed by atoms with Crippen LogP contribution in [0.25, 0.3) is 16.7 Å². The maximum Gasteiger partial charge on any atom is 0.262 e. The first kappa shape index (κ1) is 20.2. The van der Waals surface area contributed by atoms with E-state index in [4.69, 9.17) is 9.26 Å². The minimum Gasteiger partial charge on any atom is -0.382 e. The van der Waals surface area contributed by atoms with Gasteiger partial charge in [0.15, 0.2) is 11.0 Å². The molecule has 1 unspecified atom stereocenters. The molecule has 9 nitrogen and oxygen atoms in total. The van der Waals surface area contributed by atoms with Crippen molar-refractivity contribution in [1.29, 1.82) is 0 Å². The fourth-order valence-electron chi connectivity index (χ4n) is 3.61. The smallest absolute Gasteiger partial charge is 0.262 e. The van der Waals surface area contributed by atoms with Crippen LogP contribution in [0.4, 0.5) is 0 Å². The standard InChI is InChI=1S/C21H24N6O3S/c1-3-29-12-6-11-26-19(28)15-7-4-5-8-16(15)27-20(26)23-24-21(27)31-13(2)18-22-17(25-30-18)14-9-10-14/h4-5,7-8,13-14H,3,6,9-12H2,1-2H3. The predicted molar refractivity (Wildman–Crippen MR) is 116 cm³/mol. The molecule has 1 fully saturated rings. The molecule has 1 saturated carbocycles. The van der Waals surface area contributed by atoms with Crippen molar-refractivity contribution in [2.24, 2.45) is 0 Å². The molecule has 1 aliphatic rings. The molecule has 0 spiro atoms. The number of nitrogens with zero attached hydrogens (tertiary/aromatic N) is 6. The Bertz CT molecular complexity index is 1280. The Morgan fingerprint density at radius 3 is 2.94 bits per heavy atom. The van der Waals surface area contributed by atoms with E-state index in [2.05, 4.69) is 20.3 Å². The van der Waals surface area contributed by atoms with E-state index in [-0.39, 0.29) is 10.8 Å². The number of hydrogen-bond donors (Lipinski definition) is 0. The van der Waals surface area contributed by atoms with Crippen molar-refractivity contribution in [1.82, 2.24) is 29.3 Å². The van der Waals surface area contributed by atoms with Crippen molar-refractivity contribution in [3.05, 3.63) is 46.3 Å². The molecule has 0 amide bonds. The van der Waals surface area contributed by atoms with Gasteiger partial charge in [-0.3, -0.25) is 13.8 Å². The van der Waals surface area contributed by atoms with E-state index < -0.39 is 0 Å². The van der Waals surface area contributed by atoms with Crippen LogP contribution in [0.15, 0.2) is 38.7 Å². The molecule has 0 N–H and O–H groups in total. The van der Waals surface area contributed by atoms with Gasteiger partial charge in [0.2, 0.25) is 11.7 Å². The Hall–Kier alpha value is -2.72. The Labute approximate surface area is 182 Å². The van der Waals surface area contributed by atoms with Crippen LogP contribution in [-0.4, -0.2) is 42.5 Å². The quantitative estimate of drug-likeness (QED) is 0.288. The maximum atomic E-state index is 13.1. The van der Waals surface area contributed by atoms with Crippen molar-refractivity contribution in [2.75, 3.05) is 13.2 Å². The average molecular weight is 441 g/mol. The summed E-state index contributed by atoms with van der Waals surface area (Å²) < 4.78 is 14.5. The molecule has 31 heavy (non-hydrogen) atoms. The van der Waals surface area contributed by atoms with E-state index in [0.717, 1.165) is 30.6 Å². The zero-order valence-corrected chi connectivity index (χ0v) is 18.3. The molecule has 162 valence electrons. The number of aromatic nitrogens is 6. The van der Waals surface area contributed by atoms with Gasteiger partial charge in [0.25, 0.3) is 5.56 Å². The van der Waals surface area contributed by atoms with Gasteiger partial charge in [0.05, 0.1) is 16.2 Å². The first-order chi connectivity index (χ1) is 15.2. The second-order valence-electron chi connectivity index (χ2n) is 7.67. The molecule has 1 aromatic carbocycles. The predicted octanol–water partition coefficient (Wildman–Crippen LogP) is 3.58. The van der Waals surface area contributed by atoms with E-state index in [1.807, 2.05) is 42.5 Å². The molecule has 4 aromatic rings. The van der Waals surface area contributed by atoms with Gasteiger partial charge in [0, 0.05) is 25.7 Å². The summed E-state index contributed by atoms with van der Waals surface area (Å²) in [7, 11) is 0. The highest BCUT2D eigenvalue weighted by Gasteiger charge is 2.30. The van der Waals surface area contributed by atoms with Gasteiger partial charge in [-0.25, -0.2) is 0 Å². The van der Waals surface area contributed by atoms with Crippen molar-refractivity contribution < 1.29 is 9.26 Å². The molecule has 1 aliphatic carbocycles. The number of benzene rings is 1. The zero-order valence-electron chi connectivity index (χ0n) is 17.5. The van der Waals surface area contributed by atoms with Crippen molar-refractivity contribution in [2.45, 2.75) is 56.0 Å². The summed E-state index contributed by atoms with van der Waals surface area (Å²) in [5.41, 5.74) is 0.718. The minimum atomic E-state index is -0.0931. The minimum absolute atomic E-state index is 0.0671. The third-order valence-electron chi connectivity index (χ3n) is 5.38. The summed E-state index contributed by atoms with van der Waals surface area (Å²) in [6.45, 7) is 5.73. The average Bonchev–Trinajstić information content (AvgIpc) is 3.36. The second-order valence-corrected chi connectivity index (χ2v) is 8.98. The monoisotopic (exact) mass is 440 g/mol. The van der Waals surface area contributed by atoms with Crippen LogP contribution < -0.4 is 5.56 Å². The van der Waals surface area contributed by atoms with E-state index in [0.29, 0.717) is 47.9 Å². The largest absolute Gasteiger partial charge is 0.382 e. The van der Waals surface area contributed by atoms with Crippen LogP contribution in [0.1, 0.15) is 56.0 Å². The topological polar surface area (TPSA) is 100 Å². The molecule has 1 atom stereocenters. The number of rotatable bonds is 9. The van der Waals surface area contributed by atoms with Gasteiger partial charge in [-0.2, -0.15) is 4.98 Å². The molecule has 0 radical (unpaired) electrons. The molecular formula is C21H24N6O3S. The molecule has 0 bridgehead atoms. The van der Waals surface area contributed by atoms with Gasteiger partial charge in [0.1, 0.15) is 0 Å². The highest BCUT2D eigenvalue weighted by Crippen LogP contribution is 2.40. The Morgan fingerprint density at radius 2 is 2.13 bits per heavy atom. The molecule has 3 aromatic heterocycles. The van der Waals surface area contributed by atoms with Gasteiger partial charge >= 0.3 is 0 Å². The Morgan fingerprint density at radius 1 is 1.29 bits per heavy atom. The van der Waals surface area contributed by atoms with Crippen LogP contribution in [0.2, 0.25) is 0 Å². The summed E-state index contributed by atoms with van der Waals surface area (Å²) in [5.74, 6) is 2.35. The van der Waals surface area contributed by atoms with Crippen molar-refractivity contribution in [3.63, 3.8) is 0 Å². The third-order valence-corrected chi connectivity index (χ3v) is 6.41. The van der Waals surface area contributed by atoms with Crippen molar-refractivity contribution in [3.8, 4) is 0 Å². The maximum absolute atomic E-state index is 13.1. The van der Waals surface area contributed by atoms with E-state index in [1.165, 1.54) is 11.8 Å². The van der Waals surface area contributed by atoms with Gasteiger partial charge in [-0.1, -0.05) is 29.1 Å². The van der Waals surface area contributed by atoms with Crippen LogP contribution in [0.3, 0.4) is 0 Å². The van der Waals surface area contributed by atoms with Gasteiger partial charge in [-0.05, 0) is 45.2 Å². The van der Waals surface area contributed by atoms with Crippen LogP contribution in [0, 0.1) is 0 Å². The summed E-state index contributed by atoms with van der Waals surface area (Å²) in [6.07, 6.45) is 2.98. The molecule has 5 rings (SSSR count). The SMILES string of the molecule is CCOCCCn1c(=O)c2ccccc2n2c(SC(C)c3nc(C4CC4)no3)nnc12. The fourth-order valence-corrected chi connectivity index (χ4v) is 4.49. The fraction of sp³-hybridized carbons (Fsp3) is 0.476. The van der Waals surface area contributed by atoms with Crippen LogP contribution in [0.5, 0.6) is 0 Å². The molecule has 0 saturated heterocycles. The summed E-state index contributed by atoms with van der Waals surface area (Å²) in [5, 5.41) is 14.1. The summed E-state index contributed by atoms with van der Waals surface area (Å²) >= 11 is 1.49. The van der Waals surface area contributed by atoms with Gasteiger partial charge in [-0.15, -0.1) is 10.2 Å². The van der Waals surface area contributed by atoms with E-state index >= 15 is 0 Å². The number of para-hydroxylation sites is 1. The Kier molecular flexibility index (Phi) is 5.49. The summed E-state index contributed by atoms with van der Waals surface area (Å²) in [6, 6.07) is 7.55. The normalized spacial score (nSPS) is 15.2. The van der Waals surface area contributed by atoms with Crippen molar-refractivity contribution >= 4 is 28.4 Å². The first-order valence-corrected chi connectivity index (χ1v) is 11.5. The second kappa shape index (κ2) is 8.43. The molecule has 3 heterocycles. The number of ether oxygens (including phenoxy) is 1. The third kappa shape index (κ3) is 3.85. The number of fused-ring (bicyclic) bond motifs is 3. The van der Waals surface area contributed by atoms with E-state index in [9.17, 15) is 4.79 Å². The van der Waals surface area contributed by atoms with Gasteiger partial charge < -0.3 is 9.26 Å². The highest BCUT2D eigenvalue weighted by atomic mass is 32.2. The number of hydrogen-bond acceptors (Lipinski definition) is 8. The molecule has 0 aliphatic heterocycles. The number of aryl methyl sites for hydroxylation is 1. The zero-order chi connectivity index (χ0) is 21.4.